The predicted molar refractivity (Wildman–Crippen MR) is 111 cm³/mol. The Morgan fingerprint density at radius 1 is 1.11 bits per heavy atom. The normalized spacial score (nSPS) is 15.5. The molecule has 7 heteroatoms. The lowest BCUT2D eigenvalue weighted by Crippen LogP contribution is -2.36. The number of hydrogen-bond donors (Lipinski definition) is 1. The van der Waals surface area contributed by atoms with Crippen molar-refractivity contribution in [3.8, 4) is 0 Å². The molecule has 3 amide bonds. The number of hydrogen-bond acceptors (Lipinski definition) is 4. The minimum Gasteiger partial charge on any atom is -0.325 e. The van der Waals surface area contributed by atoms with Crippen molar-refractivity contribution < 1.29 is 14.4 Å². The maximum atomic E-state index is 12.5. The van der Waals surface area contributed by atoms with Crippen molar-refractivity contribution >= 4 is 56.5 Å². The Hall–Kier alpha value is -2.38. The second-order valence-corrected chi connectivity index (χ2v) is 8.08. The summed E-state index contributed by atoms with van der Waals surface area (Å²) in [7, 11) is 0. The summed E-state index contributed by atoms with van der Waals surface area (Å²) in [5.41, 5.74) is 3.62. The number of rotatable bonds is 4. The smallest absolute Gasteiger partial charge is 0.294 e. The van der Waals surface area contributed by atoms with Crippen molar-refractivity contribution in [3.63, 3.8) is 0 Å². The molecule has 2 aromatic rings. The molecule has 1 heterocycles. The fraction of sp³-hybridized carbons (Fsp3) is 0.150. The van der Waals surface area contributed by atoms with Gasteiger partial charge in [0.15, 0.2) is 0 Å². The first kappa shape index (κ1) is 19.4. The van der Waals surface area contributed by atoms with Crippen molar-refractivity contribution in [2.75, 3.05) is 11.9 Å². The number of nitrogens with one attached hydrogen (secondary N) is 1. The molecular formula is C20H17BrN2O3S. The van der Waals surface area contributed by atoms with Crippen LogP contribution in [0.2, 0.25) is 0 Å². The number of halogens is 1. The van der Waals surface area contributed by atoms with Crippen molar-refractivity contribution in [2.45, 2.75) is 13.8 Å². The molecule has 1 saturated heterocycles. The van der Waals surface area contributed by atoms with Gasteiger partial charge in [-0.25, -0.2) is 0 Å². The van der Waals surface area contributed by atoms with Crippen LogP contribution in [0.15, 0.2) is 51.8 Å². The van der Waals surface area contributed by atoms with Crippen LogP contribution < -0.4 is 5.32 Å². The van der Waals surface area contributed by atoms with Gasteiger partial charge in [0.1, 0.15) is 6.54 Å². The molecule has 0 saturated carbocycles. The second kappa shape index (κ2) is 8.10. The van der Waals surface area contributed by atoms with E-state index in [1.54, 1.807) is 12.1 Å². The number of amides is 3. The first-order valence-electron chi connectivity index (χ1n) is 8.21. The molecule has 138 valence electrons. The van der Waals surface area contributed by atoms with E-state index in [2.05, 4.69) is 21.2 Å². The van der Waals surface area contributed by atoms with Crippen LogP contribution >= 0.6 is 27.7 Å². The average Bonchev–Trinajstić information content (AvgIpc) is 2.87. The summed E-state index contributed by atoms with van der Waals surface area (Å²) in [6.07, 6.45) is 1.65. The lowest BCUT2D eigenvalue weighted by molar-refractivity contribution is -0.127. The molecule has 0 aromatic heterocycles. The summed E-state index contributed by atoms with van der Waals surface area (Å²) >= 11 is 4.19. The van der Waals surface area contributed by atoms with E-state index in [-0.39, 0.29) is 6.54 Å². The highest BCUT2D eigenvalue weighted by Crippen LogP contribution is 2.32. The maximum absolute atomic E-state index is 12.5. The predicted octanol–water partition coefficient (Wildman–Crippen LogP) is 4.74. The van der Waals surface area contributed by atoms with Gasteiger partial charge in [-0.3, -0.25) is 19.3 Å². The van der Waals surface area contributed by atoms with Gasteiger partial charge >= 0.3 is 0 Å². The lowest BCUT2D eigenvalue weighted by atomic mass is 10.1. The van der Waals surface area contributed by atoms with E-state index in [0.29, 0.717) is 10.6 Å². The Morgan fingerprint density at radius 3 is 2.48 bits per heavy atom. The van der Waals surface area contributed by atoms with E-state index in [1.807, 2.05) is 50.2 Å². The highest BCUT2D eigenvalue weighted by molar-refractivity contribution is 9.10. The number of anilines is 1. The largest absolute Gasteiger partial charge is 0.325 e. The van der Waals surface area contributed by atoms with Crippen LogP contribution in [0.1, 0.15) is 16.7 Å². The van der Waals surface area contributed by atoms with Gasteiger partial charge in [0.2, 0.25) is 5.91 Å². The summed E-state index contributed by atoms with van der Waals surface area (Å²) in [5.74, 6) is -0.867. The number of benzene rings is 2. The number of thioether (sulfide) groups is 1. The molecule has 3 rings (SSSR count). The first-order valence-corrected chi connectivity index (χ1v) is 9.82. The minimum atomic E-state index is -0.455. The molecular weight excluding hydrogens is 428 g/mol. The SMILES string of the molecule is Cc1ccc(NC(=O)CN2C(=O)S/C(=C/c3ccc(Br)cc3)C2=O)cc1C. The molecule has 0 spiro atoms. The third-order valence-electron chi connectivity index (χ3n) is 4.13. The highest BCUT2D eigenvalue weighted by Gasteiger charge is 2.36. The Bertz CT molecular complexity index is 954. The van der Waals surface area contributed by atoms with Crippen molar-refractivity contribution in [1.29, 1.82) is 0 Å². The summed E-state index contributed by atoms with van der Waals surface area (Å²) in [4.78, 5) is 38.2. The van der Waals surface area contributed by atoms with Gasteiger partial charge in [-0.15, -0.1) is 0 Å². The zero-order chi connectivity index (χ0) is 19.6. The third-order valence-corrected chi connectivity index (χ3v) is 5.57. The third kappa shape index (κ3) is 4.67. The quantitative estimate of drug-likeness (QED) is 0.691. The summed E-state index contributed by atoms with van der Waals surface area (Å²) in [6, 6.07) is 12.9. The number of carbonyl (C=O) groups excluding carboxylic acids is 3. The number of nitrogens with zero attached hydrogens (tertiary/aromatic N) is 1. The monoisotopic (exact) mass is 444 g/mol. The Kier molecular flexibility index (Phi) is 5.82. The van der Waals surface area contributed by atoms with Crippen LogP contribution in [0.3, 0.4) is 0 Å². The fourth-order valence-electron chi connectivity index (χ4n) is 2.51. The maximum Gasteiger partial charge on any atom is 0.294 e. The topological polar surface area (TPSA) is 66.5 Å². The van der Waals surface area contributed by atoms with Gasteiger partial charge < -0.3 is 5.32 Å². The van der Waals surface area contributed by atoms with Crippen molar-refractivity contribution in [3.05, 3.63) is 68.5 Å². The van der Waals surface area contributed by atoms with E-state index in [4.69, 9.17) is 0 Å². The molecule has 1 fully saturated rings. The molecule has 1 N–H and O–H groups in total. The molecule has 1 aliphatic rings. The Labute approximate surface area is 169 Å². The molecule has 27 heavy (non-hydrogen) atoms. The fourth-order valence-corrected chi connectivity index (χ4v) is 3.61. The van der Waals surface area contributed by atoms with Crippen LogP contribution in [0, 0.1) is 13.8 Å². The van der Waals surface area contributed by atoms with Crippen LogP contribution in [-0.2, 0) is 9.59 Å². The first-order chi connectivity index (χ1) is 12.8. The zero-order valence-corrected chi connectivity index (χ0v) is 17.2. The van der Waals surface area contributed by atoms with Crippen LogP contribution in [0.25, 0.3) is 6.08 Å². The molecule has 1 aliphatic heterocycles. The molecule has 0 bridgehead atoms. The standard InChI is InChI=1S/C20H17BrN2O3S/c1-12-3-8-16(9-13(12)2)22-18(24)11-23-19(25)17(27-20(23)26)10-14-4-6-15(21)7-5-14/h3-10H,11H2,1-2H3,(H,22,24)/b17-10+. The van der Waals surface area contributed by atoms with Crippen molar-refractivity contribution in [1.82, 2.24) is 4.90 Å². The summed E-state index contributed by atoms with van der Waals surface area (Å²) in [6.45, 7) is 3.63. The molecule has 2 aromatic carbocycles. The second-order valence-electron chi connectivity index (χ2n) is 6.17. The molecule has 0 atom stereocenters. The minimum absolute atomic E-state index is 0.307. The van der Waals surface area contributed by atoms with E-state index < -0.39 is 17.1 Å². The molecule has 0 unspecified atom stereocenters. The number of carbonyl (C=O) groups is 3. The van der Waals surface area contributed by atoms with Crippen LogP contribution in [0.5, 0.6) is 0 Å². The van der Waals surface area contributed by atoms with Gasteiger partial charge in [-0.2, -0.15) is 0 Å². The molecule has 0 radical (unpaired) electrons. The molecule has 5 nitrogen and oxygen atoms in total. The van der Waals surface area contributed by atoms with E-state index in [9.17, 15) is 14.4 Å². The zero-order valence-electron chi connectivity index (χ0n) is 14.8. The number of imide groups is 1. The highest BCUT2D eigenvalue weighted by atomic mass is 79.9. The average molecular weight is 445 g/mol. The van der Waals surface area contributed by atoms with Gasteiger partial charge in [-0.1, -0.05) is 34.1 Å². The molecule has 0 aliphatic carbocycles. The van der Waals surface area contributed by atoms with Gasteiger partial charge in [0.05, 0.1) is 4.91 Å². The van der Waals surface area contributed by atoms with Gasteiger partial charge in [0.25, 0.3) is 11.1 Å². The van der Waals surface area contributed by atoms with Crippen molar-refractivity contribution in [2.24, 2.45) is 0 Å². The lowest BCUT2D eigenvalue weighted by Gasteiger charge is -2.13. The Morgan fingerprint density at radius 2 is 1.81 bits per heavy atom. The summed E-state index contributed by atoms with van der Waals surface area (Å²) < 4.78 is 0.927. The van der Waals surface area contributed by atoms with Crippen LogP contribution in [-0.4, -0.2) is 28.5 Å². The van der Waals surface area contributed by atoms with Crippen LogP contribution in [0.4, 0.5) is 10.5 Å². The summed E-state index contributed by atoms with van der Waals surface area (Å²) in [5, 5.41) is 2.28. The Balaban J connectivity index is 1.68. The van der Waals surface area contributed by atoms with Gasteiger partial charge in [0, 0.05) is 10.2 Å². The van der Waals surface area contributed by atoms with Gasteiger partial charge in [-0.05, 0) is 72.6 Å². The van der Waals surface area contributed by atoms with E-state index in [0.717, 1.165) is 37.8 Å². The number of aryl methyl sites for hydroxylation is 2. The van der Waals surface area contributed by atoms with E-state index in [1.165, 1.54) is 0 Å². The van der Waals surface area contributed by atoms with E-state index >= 15 is 0 Å².